The number of ether oxygens (including phenoxy) is 3. The number of amides is 2. The lowest BCUT2D eigenvalue weighted by molar-refractivity contribution is -0.141. The van der Waals surface area contributed by atoms with Gasteiger partial charge in [0.2, 0.25) is 11.8 Å². The van der Waals surface area contributed by atoms with Crippen molar-refractivity contribution in [3.05, 3.63) is 53.6 Å². The molecular weight excluding hydrogens is 396 g/mol. The molecule has 1 aliphatic heterocycles. The van der Waals surface area contributed by atoms with E-state index in [2.05, 4.69) is 5.32 Å². The van der Waals surface area contributed by atoms with Gasteiger partial charge < -0.3 is 24.4 Å². The average molecular weight is 427 g/mol. The van der Waals surface area contributed by atoms with Crippen LogP contribution in [0.15, 0.2) is 42.5 Å². The van der Waals surface area contributed by atoms with Crippen molar-refractivity contribution in [1.82, 2.24) is 10.2 Å². The molecule has 0 saturated heterocycles. The first-order valence-corrected chi connectivity index (χ1v) is 10.6. The third-order valence-electron chi connectivity index (χ3n) is 5.35. The number of fused-ring (bicyclic) bond motifs is 1. The van der Waals surface area contributed by atoms with Gasteiger partial charge in [-0.25, -0.2) is 0 Å². The van der Waals surface area contributed by atoms with E-state index < -0.39 is 6.04 Å². The van der Waals surface area contributed by atoms with Gasteiger partial charge in [0.25, 0.3) is 0 Å². The van der Waals surface area contributed by atoms with E-state index in [1.807, 2.05) is 49.4 Å². The van der Waals surface area contributed by atoms with E-state index in [0.717, 1.165) is 16.9 Å². The Morgan fingerprint density at radius 3 is 2.58 bits per heavy atom. The zero-order chi connectivity index (χ0) is 22.2. The zero-order valence-electron chi connectivity index (χ0n) is 18.3. The minimum Gasteiger partial charge on any atom is -0.497 e. The van der Waals surface area contributed by atoms with Gasteiger partial charge in [0.1, 0.15) is 25.0 Å². The third-order valence-corrected chi connectivity index (χ3v) is 5.35. The minimum absolute atomic E-state index is 0.0758. The first-order chi connectivity index (χ1) is 15.0. The number of nitrogens with zero attached hydrogens (tertiary/aromatic N) is 1. The molecule has 166 valence electrons. The fraction of sp³-hybridized carbons (Fsp3) is 0.417. The number of methoxy groups -OCH3 is 1. The maximum atomic E-state index is 13.2. The second-order valence-corrected chi connectivity index (χ2v) is 7.39. The molecule has 7 nitrogen and oxygen atoms in total. The second kappa shape index (κ2) is 10.7. The van der Waals surface area contributed by atoms with Crippen LogP contribution in [0.3, 0.4) is 0 Å². The number of hydrogen-bond acceptors (Lipinski definition) is 5. The van der Waals surface area contributed by atoms with Crippen molar-refractivity contribution in [2.75, 3.05) is 27.4 Å². The van der Waals surface area contributed by atoms with E-state index in [0.29, 0.717) is 44.1 Å². The molecule has 2 amide bonds. The molecule has 7 heteroatoms. The summed E-state index contributed by atoms with van der Waals surface area (Å²) in [6, 6.07) is 12.8. The van der Waals surface area contributed by atoms with Crippen molar-refractivity contribution in [1.29, 1.82) is 0 Å². The number of carbonyl (C=O) groups excluding carboxylic acids is 2. The molecule has 0 saturated carbocycles. The van der Waals surface area contributed by atoms with Gasteiger partial charge in [-0.05, 0) is 48.2 Å². The summed E-state index contributed by atoms with van der Waals surface area (Å²) < 4.78 is 16.5. The molecule has 1 aliphatic rings. The maximum absolute atomic E-state index is 13.2. The minimum atomic E-state index is -0.538. The molecule has 31 heavy (non-hydrogen) atoms. The van der Waals surface area contributed by atoms with Crippen molar-refractivity contribution in [3.8, 4) is 17.2 Å². The molecule has 1 heterocycles. The molecule has 0 aliphatic carbocycles. The first-order valence-electron chi connectivity index (χ1n) is 10.6. The fourth-order valence-corrected chi connectivity index (χ4v) is 3.69. The Bertz CT molecular complexity index is 915. The molecule has 0 unspecified atom stereocenters. The van der Waals surface area contributed by atoms with E-state index in [1.165, 1.54) is 0 Å². The topological polar surface area (TPSA) is 77.1 Å². The van der Waals surface area contributed by atoms with Crippen LogP contribution >= 0.6 is 0 Å². The van der Waals surface area contributed by atoms with Crippen LogP contribution in [0, 0.1) is 0 Å². The van der Waals surface area contributed by atoms with E-state index in [1.54, 1.807) is 19.1 Å². The summed E-state index contributed by atoms with van der Waals surface area (Å²) in [5.74, 6) is 1.91. The van der Waals surface area contributed by atoms with Crippen LogP contribution < -0.4 is 19.5 Å². The van der Waals surface area contributed by atoms with Gasteiger partial charge in [-0.1, -0.05) is 25.1 Å². The summed E-state index contributed by atoms with van der Waals surface area (Å²) in [5.41, 5.74) is 1.90. The Labute approximate surface area is 183 Å². The molecule has 2 aromatic carbocycles. The summed E-state index contributed by atoms with van der Waals surface area (Å²) in [5, 5.41) is 2.68. The number of likely N-dealkylation sites (N-methyl/N-ethyl adjacent to an activating group) is 1. The number of hydrogen-bond donors (Lipinski definition) is 1. The SMILES string of the molecule is CC[C@@H](C(=O)NC)N(Cc1cccc(OC)c1)C(=O)CCc1ccc2c(c1)OCCO2. The highest BCUT2D eigenvalue weighted by atomic mass is 16.6. The molecular formula is C24H30N2O5. The van der Waals surface area contributed by atoms with E-state index >= 15 is 0 Å². The highest BCUT2D eigenvalue weighted by molar-refractivity contribution is 5.87. The summed E-state index contributed by atoms with van der Waals surface area (Å²) in [6.07, 6.45) is 1.37. The van der Waals surface area contributed by atoms with Gasteiger partial charge in [0, 0.05) is 20.0 Å². The lowest BCUT2D eigenvalue weighted by Gasteiger charge is -2.30. The molecule has 0 aromatic heterocycles. The van der Waals surface area contributed by atoms with Crippen molar-refractivity contribution < 1.29 is 23.8 Å². The molecule has 0 spiro atoms. The number of rotatable bonds is 9. The van der Waals surface area contributed by atoms with Gasteiger partial charge in [-0.3, -0.25) is 9.59 Å². The van der Waals surface area contributed by atoms with Crippen molar-refractivity contribution in [3.63, 3.8) is 0 Å². The summed E-state index contributed by atoms with van der Waals surface area (Å²) in [4.78, 5) is 27.4. The maximum Gasteiger partial charge on any atom is 0.242 e. The highest BCUT2D eigenvalue weighted by Gasteiger charge is 2.28. The van der Waals surface area contributed by atoms with Crippen LogP contribution in [0.25, 0.3) is 0 Å². The molecule has 0 bridgehead atoms. The van der Waals surface area contributed by atoms with Crippen molar-refractivity contribution in [2.24, 2.45) is 0 Å². The van der Waals surface area contributed by atoms with Gasteiger partial charge in [0.15, 0.2) is 11.5 Å². The molecule has 0 radical (unpaired) electrons. The van der Waals surface area contributed by atoms with Crippen LogP contribution in [0.4, 0.5) is 0 Å². The van der Waals surface area contributed by atoms with Crippen LogP contribution in [0.2, 0.25) is 0 Å². The zero-order valence-corrected chi connectivity index (χ0v) is 18.3. The monoisotopic (exact) mass is 426 g/mol. The molecule has 0 fully saturated rings. The van der Waals surface area contributed by atoms with Crippen LogP contribution in [0.1, 0.15) is 30.9 Å². The van der Waals surface area contributed by atoms with Gasteiger partial charge >= 0.3 is 0 Å². The predicted molar refractivity (Wildman–Crippen MR) is 117 cm³/mol. The van der Waals surface area contributed by atoms with Crippen LogP contribution in [-0.4, -0.2) is 50.1 Å². The van der Waals surface area contributed by atoms with Crippen molar-refractivity contribution in [2.45, 2.75) is 38.8 Å². The van der Waals surface area contributed by atoms with Gasteiger partial charge in [-0.2, -0.15) is 0 Å². The Hall–Kier alpha value is -3.22. The lowest BCUT2D eigenvalue weighted by atomic mass is 10.1. The van der Waals surface area contributed by atoms with E-state index in [9.17, 15) is 9.59 Å². The number of nitrogens with one attached hydrogen (secondary N) is 1. The number of aryl methyl sites for hydroxylation is 1. The number of carbonyl (C=O) groups is 2. The molecule has 1 atom stereocenters. The normalized spacial score (nSPS) is 13.3. The van der Waals surface area contributed by atoms with Crippen molar-refractivity contribution >= 4 is 11.8 Å². The van der Waals surface area contributed by atoms with Crippen LogP contribution in [-0.2, 0) is 22.6 Å². The quantitative estimate of drug-likeness (QED) is 0.667. The fourth-order valence-electron chi connectivity index (χ4n) is 3.69. The molecule has 2 aromatic rings. The molecule has 3 rings (SSSR count). The second-order valence-electron chi connectivity index (χ2n) is 7.39. The Morgan fingerprint density at radius 1 is 1.10 bits per heavy atom. The largest absolute Gasteiger partial charge is 0.497 e. The van der Waals surface area contributed by atoms with Crippen LogP contribution in [0.5, 0.6) is 17.2 Å². The summed E-state index contributed by atoms with van der Waals surface area (Å²) >= 11 is 0. The number of benzene rings is 2. The van der Waals surface area contributed by atoms with E-state index in [4.69, 9.17) is 14.2 Å². The Kier molecular flexibility index (Phi) is 7.76. The van der Waals surface area contributed by atoms with E-state index in [-0.39, 0.29) is 18.2 Å². The smallest absolute Gasteiger partial charge is 0.242 e. The molecule has 1 N–H and O–H groups in total. The summed E-state index contributed by atoms with van der Waals surface area (Å²) in [7, 11) is 3.20. The first kappa shape index (κ1) is 22.5. The van der Waals surface area contributed by atoms with Gasteiger partial charge in [0.05, 0.1) is 7.11 Å². The average Bonchev–Trinajstić information content (AvgIpc) is 2.82. The lowest BCUT2D eigenvalue weighted by Crippen LogP contribution is -2.48. The standard InChI is InChI=1S/C24H30N2O5/c1-4-20(24(28)25-2)26(16-18-6-5-7-19(14-18)29-3)23(27)11-9-17-8-10-21-22(15-17)31-13-12-30-21/h5-8,10,14-15,20H,4,9,11-13,16H2,1-3H3,(H,25,28)/t20-/m0/s1. The Balaban J connectivity index is 1.75. The third kappa shape index (κ3) is 5.69. The predicted octanol–water partition coefficient (Wildman–Crippen LogP) is 2.95. The Morgan fingerprint density at radius 2 is 1.87 bits per heavy atom. The highest BCUT2D eigenvalue weighted by Crippen LogP contribution is 2.31. The summed E-state index contributed by atoms with van der Waals surface area (Å²) in [6.45, 7) is 3.31. The van der Waals surface area contributed by atoms with Gasteiger partial charge in [-0.15, -0.1) is 0 Å².